The first-order chi connectivity index (χ1) is 8.20. The smallest absolute Gasteiger partial charge is 0.274 e. The van der Waals surface area contributed by atoms with E-state index in [1.54, 1.807) is 17.1 Å². The van der Waals surface area contributed by atoms with Gasteiger partial charge in [-0.25, -0.2) is 4.98 Å². The van der Waals surface area contributed by atoms with Crippen molar-refractivity contribution in [2.75, 3.05) is 19.6 Å². The number of nitrogens with two attached hydrogens (primary N) is 1. The Balaban J connectivity index is 0.00000162. The monoisotopic (exact) mass is 272 g/mol. The van der Waals surface area contributed by atoms with Crippen LogP contribution in [0.1, 0.15) is 29.8 Å². The molecule has 1 saturated heterocycles. The zero-order valence-corrected chi connectivity index (χ0v) is 11.5. The molecule has 5 nitrogen and oxygen atoms in total. The van der Waals surface area contributed by atoms with Crippen LogP contribution in [0, 0.1) is 5.92 Å². The average molecular weight is 273 g/mol. The van der Waals surface area contributed by atoms with Crippen molar-refractivity contribution in [2.45, 2.75) is 19.3 Å². The second-order valence-corrected chi connectivity index (χ2v) is 4.76. The van der Waals surface area contributed by atoms with Crippen LogP contribution in [0.4, 0.5) is 0 Å². The summed E-state index contributed by atoms with van der Waals surface area (Å²) in [4.78, 5) is 18.2. The first-order valence-corrected chi connectivity index (χ1v) is 6.18. The van der Waals surface area contributed by atoms with Crippen molar-refractivity contribution in [3.05, 3.63) is 18.2 Å². The summed E-state index contributed by atoms with van der Waals surface area (Å²) in [5.74, 6) is 0.605. The van der Waals surface area contributed by atoms with Gasteiger partial charge in [0.2, 0.25) is 0 Å². The summed E-state index contributed by atoms with van der Waals surface area (Å²) in [6.07, 6.45) is 6.70. The Kier molecular flexibility index (Phi) is 5.62. The van der Waals surface area contributed by atoms with Crippen molar-refractivity contribution in [3.63, 3.8) is 0 Å². The van der Waals surface area contributed by atoms with E-state index in [4.69, 9.17) is 5.73 Å². The molecule has 0 spiro atoms. The van der Waals surface area contributed by atoms with E-state index >= 15 is 0 Å². The molecule has 0 aliphatic carbocycles. The highest BCUT2D eigenvalue weighted by Crippen LogP contribution is 2.20. The van der Waals surface area contributed by atoms with Crippen LogP contribution in [-0.2, 0) is 7.05 Å². The summed E-state index contributed by atoms with van der Waals surface area (Å²) in [7, 11) is 1.87. The van der Waals surface area contributed by atoms with E-state index in [0.29, 0.717) is 18.2 Å². The molecular weight excluding hydrogens is 252 g/mol. The molecule has 102 valence electrons. The number of carbonyl (C=O) groups excluding carboxylic acids is 1. The van der Waals surface area contributed by atoms with E-state index in [1.807, 2.05) is 11.9 Å². The molecule has 0 bridgehead atoms. The standard InChI is InChI=1S/C12H20N4O.ClH/c1-15-8-11(14-9-15)12(17)16-6-2-3-10(7-16)4-5-13;/h8-10H,2-7,13H2,1H3;1H. The highest BCUT2D eigenvalue weighted by atomic mass is 35.5. The molecule has 1 aliphatic heterocycles. The maximum absolute atomic E-state index is 12.2. The number of rotatable bonds is 3. The number of likely N-dealkylation sites (tertiary alicyclic amines) is 1. The number of hydrogen-bond acceptors (Lipinski definition) is 3. The molecular formula is C12H21ClN4O. The Bertz CT molecular complexity index is 391. The molecule has 1 amide bonds. The van der Waals surface area contributed by atoms with Crippen molar-refractivity contribution in [3.8, 4) is 0 Å². The summed E-state index contributed by atoms with van der Waals surface area (Å²) in [5, 5.41) is 0. The summed E-state index contributed by atoms with van der Waals surface area (Å²) < 4.78 is 1.80. The molecule has 2 heterocycles. The SMILES string of the molecule is Cl.Cn1cnc(C(=O)N2CCCC(CCN)C2)c1. The minimum absolute atomic E-state index is 0. The Morgan fingerprint density at radius 3 is 3.00 bits per heavy atom. The van der Waals surface area contributed by atoms with Crippen molar-refractivity contribution < 1.29 is 4.79 Å². The fraction of sp³-hybridized carbons (Fsp3) is 0.667. The number of hydrogen-bond donors (Lipinski definition) is 1. The summed E-state index contributed by atoms with van der Waals surface area (Å²) in [6, 6.07) is 0. The molecule has 0 radical (unpaired) electrons. The van der Waals surface area contributed by atoms with Gasteiger partial charge in [0.1, 0.15) is 5.69 Å². The Hall–Kier alpha value is -1.07. The third-order valence-electron chi connectivity index (χ3n) is 3.31. The van der Waals surface area contributed by atoms with Crippen LogP contribution in [0.2, 0.25) is 0 Å². The highest BCUT2D eigenvalue weighted by Gasteiger charge is 2.24. The van der Waals surface area contributed by atoms with Gasteiger partial charge in [-0.1, -0.05) is 0 Å². The van der Waals surface area contributed by atoms with E-state index in [2.05, 4.69) is 4.98 Å². The van der Waals surface area contributed by atoms with Gasteiger partial charge in [0.15, 0.2) is 0 Å². The number of aryl methyl sites for hydroxylation is 1. The maximum Gasteiger partial charge on any atom is 0.274 e. The zero-order chi connectivity index (χ0) is 12.3. The van der Waals surface area contributed by atoms with Gasteiger partial charge in [0.05, 0.1) is 6.33 Å². The van der Waals surface area contributed by atoms with Crippen molar-refractivity contribution >= 4 is 18.3 Å². The van der Waals surface area contributed by atoms with Gasteiger partial charge in [-0.15, -0.1) is 12.4 Å². The van der Waals surface area contributed by atoms with Gasteiger partial charge in [0, 0.05) is 26.3 Å². The molecule has 1 aromatic rings. The van der Waals surface area contributed by atoms with E-state index in [9.17, 15) is 4.79 Å². The molecule has 1 fully saturated rings. The predicted molar refractivity (Wildman–Crippen MR) is 72.8 cm³/mol. The Morgan fingerprint density at radius 2 is 2.39 bits per heavy atom. The molecule has 6 heteroatoms. The topological polar surface area (TPSA) is 64.2 Å². The second-order valence-electron chi connectivity index (χ2n) is 4.76. The summed E-state index contributed by atoms with van der Waals surface area (Å²) >= 11 is 0. The third-order valence-corrected chi connectivity index (χ3v) is 3.31. The summed E-state index contributed by atoms with van der Waals surface area (Å²) in [6.45, 7) is 2.37. The molecule has 0 saturated carbocycles. The second kappa shape index (κ2) is 6.75. The Labute approximate surface area is 114 Å². The van der Waals surface area contributed by atoms with E-state index in [-0.39, 0.29) is 18.3 Å². The number of nitrogens with zero attached hydrogens (tertiary/aromatic N) is 3. The maximum atomic E-state index is 12.2. The van der Waals surface area contributed by atoms with Crippen LogP contribution in [0.5, 0.6) is 0 Å². The normalized spacial score (nSPS) is 19.4. The summed E-state index contributed by atoms with van der Waals surface area (Å²) in [5.41, 5.74) is 6.12. The van der Waals surface area contributed by atoms with Crippen LogP contribution in [0.3, 0.4) is 0 Å². The Morgan fingerprint density at radius 1 is 1.61 bits per heavy atom. The van der Waals surface area contributed by atoms with Crippen LogP contribution >= 0.6 is 12.4 Å². The quantitative estimate of drug-likeness (QED) is 0.894. The van der Waals surface area contributed by atoms with Crippen molar-refractivity contribution in [1.82, 2.24) is 14.5 Å². The number of amides is 1. The number of aromatic nitrogens is 2. The van der Waals surface area contributed by atoms with Gasteiger partial charge in [-0.3, -0.25) is 4.79 Å². The first kappa shape index (κ1) is 15.0. The van der Waals surface area contributed by atoms with Gasteiger partial charge in [-0.05, 0) is 31.7 Å². The molecule has 1 aliphatic rings. The molecule has 1 unspecified atom stereocenters. The third kappa shape index (κ3) is 3.46. The van der Waals surface area contributed by atoms with Crippen molar-refractivity contribution in [2.24, 2.45) is 18.7 Å². The highest BCUT2D eigenvalue weighted by molar-refractivity contribution is 5.92. The van der Waals surface area contributed by atoms with E-state index < -0.39 is 0 Å². The van der Waals surface area contributed by atoms with Gasteiger partial charge in [-0.2, -0.15) is 0 Å². The van der Waals surface area contributed by atoms with Gasteiger partial charge >= 0.3 is 0 Å². The van der Waals surface area contributed by atoms with Crippen molar-refractivity contribution in [1.29, 1.82) is 0 Å². The first-order valence-electron chi connectivity index (χ1n) is 6.18. The van der Waals surface area contributed by atoms with Crippen LogP contribution in [0.25, 0.3) is 0 Å². The average Bonchev–Trinajstić information content (AvgIpc) is 2.76. The fourth-order valence-corrected chi connectivity index (χ4v) is 2.41. The predicted octanol–water partition coefficient (Wildman–Crippen LogP) is 1.04. The number of piperidine rings is 1. The minimum atomic E-state index is 0. The zero-order valence-electron chi connectivity index (χ0n) is 10.7. The van der Waals surface area contributed by atoms with E-state index in [0.717, 1.165) is 25.9 Å². The number of imidazole rings is 1. The molecule has 1 aromatic heterocycles. The lowest BCUT2D eigenvalue weighted by Crippen LogP contribution is -2.40. The lowest BCUT2D eigenvalue weighted by Gasteiger charge is -2.32. The lowest BCUT2D eigenvalue weighted by molar-refractivity contribution is 0.0664. The van der Waals surface area contributed by atoms with Crippen LogP contribution in [0.15, 0.2) is 12.5 Å². The molecule has 1 atom stereocenters. The van der Waals surface area contributed by atoms with Gasteiger partial charge in [0.25, 0.3) is 5.91 Å². The van der Waals surface area contributed by atoms with Gasteiger partial charge < -0.3 is 15.2 Å². The number of halogens is 1. The lowest BCUT2D eigenvalue weighted by atomic mass is 9.95. The molecule has 2 N–H and O–H groups in total. The largest absolute Gasteiger partial charge is 0.340 e. The van der Waals surface area contributed by atoms with Crippen LogP contribution < -0.4 is 5.73 Å². The molecule has 0 aromatic carbocycles. The minimum Gasteiger partial charge on any atom is -0.340 e. The molecule has 2 rings (SSSR count). The van der Waals surface area contributed by atoms with E-state index in [1.165, 1.54) is 6.42 Å². The fourth-order valence-electron chi connectivity index (χ4n) is 2.41. The van der Waals surface area contributed by atoms with Crippen LogP contribution in [-0.4, -0.2) is 40.0 Å². The molecule has 18 heavy (non-hydrogen) atoms. The number of carbonyl (C=O) groups is 1.